The van der Waals surface area contributed by atoms with Gasteiger partial charge in [0.1, 0.15) is 5.75 Å². The lowest BCUT2D eigenvalue weighted by molar-refractivity contribution is -0.139. The highest BCUT2D eigenvalue weighted by molar-refractivity contribution is 6.16. The summed E-state index contributed by atoms with van der Waals surface area (Å²) in [6.45, 7) is 5.98. The zero-order valence-electron chi connectivity index (χ0n) is 18.5. The van der Waals surface area contributed by atoms with Gasteiger partial charge in [-0.05, 0) is 62.6 Å². The molecule has 0 unspecified atom stereocenters. The first kappa shape index (κ1) is 21.7. The van der Waals surface area contributed by atoms with Crippen LogP contribution in [0, 0.1) is 26.7 Å². The molecule has 4 rings (SSSR count). The van der Waals surface area contributed by atoms with E-state index in [-0.39, 0.29) is 30.7 Å². The Labute approximate surface area is 187 Å². The maximum absolute atomic E-state index is 12.8. The molecule has 1 atom stereocenters. The topological polar surface area (TPSA) is 84.0 Å². The summed E-state index contributed by atoms with van der Waals surface area (Å²) in [6, 6.07) is 10.7. The van der Waals surface area contributed by atoms with Crippen LogP contribution in [0.3, 0.4) is 0 Å². The molecule has 7 nitrogen and oxygen atoms in total. The number of amides is 3. The predicted octanol–water partition coefficient (Wildman–Crippen LogP) is 3.61. The smallest absolute Gasteiger partial charge is 0.316 e. The molecule has 2 aromatic carbocycles. The number of hydrogen-bond acceptors (Lipinski definition) is 5. The van der Waals surface area contributed by atoms with Gasteiger partial charge in [-0.15, -0.1) is 0 Å². The first-order valence-electron chi connectivity index (χ1n) is 10.8. The number of rotatable bonds is 4. The monoisotopic (exact) mass is 434 g/mol. The SMILES string of the molecule is Cc1ccc(N2C[C@@H](C(=O)Oc3ccc(N4C(=O)CCCC4=O)c(C)c3)CC2=O)c(C)c1. The van der Waals surface area contributed by atoms with Crippen molar-refractivity contribution in [1.29, 1.82) is 0 Å². The van der Waals surface area contributed by atoms with E-state index in [2.05, 4.69) is 0 Å². The lowest BCUT2D eigenvalue weighted by Gasteiger charge is -2.26. The number of imide groups is 1. The van der Waals surface area contributed by atoms with Gasteiger partial charge in [-0.2, -0.15) is 0 Å². The minimum atomic E-state index is -0.562. The van der Waals surface area contributed by atoms with Crippen molar-refractivity contribution in [3.63, 3.8) is 0 Å². The van der Waals surface area contributed by atoms with Crippen molar-refractivity contribution in [2.75, 3.05) is 16.3 Å². The van der Waals surface area contributed by atoms with Crippen molar-refractivity contribution in [1.82, 2.24) is 0 Å². The van der Waals surface area contributed by atoms with Crippen LogP contribution in [0.25, 0.3) is 0 Å². The molecular formula is C25H26N2O5. The molecule has 2 aliphatic heterocycles. The van der Waals surface area contributed by atoms with E-state index in [1.54, 1.807) is 30.0 Å². The van der Waals surface area contributed by atoms with Gasteiger partial charge in [0.05, 0.1) is 11.6 Å². The first-order chi connectivity index (χ1) is 15.2. The maximum atomic E-state index is 12.8. The number of esters is 1. The van der Waals surface area contributed by atoms with Gasteiger partial charge in [-0.3, -0.25) is 24.1 Å². The molecule has 3 amide bonds. The van der Waals surface area contributed by atoms with Gasteiger partial charge in [0, 0.05) is 31.5 Å². The summed E-state index contributed by atoms with van der Waals surface area (Å²) in [5, 5.41) is 0. The molecule has 7 heteroatoms. The average Bonchev–Trinajstić information content (AvgIpc) is 3.11. The van der Waals surface area contributed by atoms with Gasteiger partial charge in [0.25, 0.3) is 0 Å². The molecule has 166 valence electrons. The van der Waals surface area contributed by atoms with Gasteiger partial charge in [-0.25, -0.2) is 0 Å². The maximum Gasteiger partial charge on any atom is 0.316 e. The average molecular weight is 434 g/mol. The molecule has 2 aromatic rings. The summed E-state index contributed by atoms with van der Waals surface area (Å²) in [5.41, 5.74) is 4.09. The van der Waals surface area contributed by atoms with Crippen LogP contribution < -0.4 is 14.5 Å². The number of aryl methyl sites for hydroxylation is 3. The summed E-state index contributed by atoms with van der Waals surface area (Å²) in [5.74, 6) is -1.25. The zero-order valence-corrected chi connectivity index (χ0v) is 18.5. The second kappa shape index (κ2) is 8.57. The highest BCUT2D eigenvalue weighted by atomic mass is 16.5. The van der Waals surface area contributed by atoms with E-state index in [0.717, 1.165) is 16.8 Å². The van der Waals surface area contributed by atoms with Crippen LogP contribution in [0.4, 0.5) is 11.4 Å². The van der Waals surface area contributed by atoms with Crippen molar-refractivity contribution < 1.29 is 23.9 Å². The van der Waals surface area contributed by atoms with E-state index >= 15 is 0 Å². The van der Waals surface area contributed by atoms with Crippen LogP contribution in [0.15, 0.2) is 36.4 Å². The standard InChI is InChI=1S/C25H26N2O5/c1-15-7-9-20(16(2)11-15)26-14-18(13-24(26)30)25(31)32-19-8-10-21(17(3)12-19)27-22(28)5-4-6-23(27)29/h7-12,18H,4-6,13-14H2,1-3H3/t18-/m0/s1. The third-order valence-corrected chi connectivity index (χ3v) is 6.01. The Morgan fingerprint density at radius 2 is 1.53 bits per heavy atom. The second-order valence-electron chi connectivity index (χ2n) is 8.54. The highest BCUT2D eigenvalue weighted by Crippen LogP contribution is 2.31. The summed E-state index contributed by atoms with van der Waals surface area (Å²) < 4.78 is 5.55. The van der Waals surface area contributed by atoms with Crippen molar-refractivity contribution in [2.45, 2.75) is 46.5 Å². The van der Waals surface area contributed by atoms with E-state index in [1.165, 1.54) is 4.90 Å². The van der Waals surface area contributed by atoms with Crippen molar-refractivity contribution in [2.24, 2.45) is 5.92 Å². The Kier molecular flexibility index (Phi) is 5.82. The Balaban J connectivity index is 1.46. The molecule has 0 aliphatic carbocycles. The van der Waals surface area contributed by atoms with Gasteiger partial charge < -0.3 is 9.64 Å². The Hall–Kier alpha value is -3.48. The van der Waals surface area contributed by atoms with Crippen LogP contribution in [0.1, 0.15) is 42.4 Å². The summed E-state index contributed by atoms with van der Waals surface area (Å²) in [7, 11) is 0. The number of anilines is 2. The lowest BCUT2D eigenvalue weighted by Crippen LogP contribution is -2.40. The van der Waals surface area contributed by atoms with Crippen LogP contribution in [-0.4, -0.2) is 30.2 Å². The molecular weight excluding hydrogens is 408 g/mol. The van der Waals surface area contributed by atoms with Gasteiger partial charge >= 0.3 is 5.97 Å². The number of benzene rings is 2. The van der Waals surface area contributed by atoms with Crippen LogP contribution in [0.5, 0.6) is 5.75 Å². The molecule has 0 aromatic heterocycles. The summed E-state index contributed by atoms with van der Waals surface area (Å²) >= 11 is 0. The molecule has 0 radical (unpaired) electrons. The normalized spacial score (nSPS) is 19.0. The van der Waals surface area contributed by atoms with Crippen LogP contribution in [-0.2, 0) is 19.2 Å². The van der Waals surface area contributed by atoms with Crippen LogP contribution in [0.2, 0.25) is 0 Å². The Morgan fingerprint density at radius 3 is 2.19 bits per heavy atom. The van der Waals surface area contributed by atoms with E-state index in [9.17, 15) is 19.2 Å². The van der Waals surface area contributed by atoms with E-state index in [0.29, 0.717) is 36.3 Å². The Morgan fingerprint density at radius 1 is 0.875 bits per heavy atom. The van der Waals surface area contributed by atoms with Crippen molar-refractivity contribution in [3.8, 4) is 5.75 Å². The number of hydrogen-bond donors (Lipinski definition) is 0. The summed E-state index contributed by atoms with van der Waals surface area (Å²) in [6.07, 6.45) is 1.35. The predicted molar refractivity (Wildman–Crippen MR) is 120 cm³/mol. The molecule has 0 bridgehead atoms. The fourth-order valence-electron chi connectivity index (χ4n) is 4.37. The minimum Gasteiger partial charge on any atom is -0.426 e. The molecule has 0 saturated carbocycles. The molecule has 0 N–H and O–H groups in total. The fraction of sp³-hybridized carbons (Fsp3) is 0.360. The molecule has 32 heavy (non-hydrogen) atoms. The quantitative estimate of drug-likeness (QED) is 0.417. The first-order valence-corrected chi connectivity index (χ1v) is 10.8. The molecule has 2 heterocycles. The van der Waals surface area contributed by atoms with Gasteiger partial charge in [0.2, 0.25) is 17.7 Å². The van der Waals surface area contributed by atoms with E-state index in [1.807, 2.05) is 32.0 Å². The van der Waals surface area contributed by atoms with Crippen molar-refractivity contribution in [3.05, 3.63) is 53.1 Å². The molecule has 2 saturated heterocycles. The number of carbonyl (C=O) groups excluding carboxylic acids is 4. The van der Waals surface area contributed by atoms with E-state index < -0.39 is 11.9 Å². The highest BCUT2D eigenvalue weighted by Gasteiger charge is 2.37. The van der Waals surface area contributed by atoms with Gasteiger partial charge in [-0.1, -0.05) is 17.7 Å². The Bertz CT molecular complexity index is 1110. The number of nitrogens with zero attached hydrogens (tertiary/aromatic N) is 2. The van der Waals surface area contributed by atoms with E-state index in [4.69, 9.17) is 4.74 Å². The third-order valence-electron chi connectivity index (χ3n) is 6.01. The molecule has 2 aliphatic rings. The molecule has 0 spiro atoms. The number of carbonyl (C=O) groups is 4. The lowest BCUT2D eigenvalue weighted by atomic mass is 10.1. The summed E-state index contributed by atoms with van der Waals surface area (Å²) in [4.78, 5) is 52.6. The van der Waals surface area contributed by atoms with Gasteiger partial charge in [0.15, 0.2) is 0 Å². The second-order valence-corrected chi connectivity index (χ2v) is 8.54. The fourth-order valence-corrected chi connectivity index (χ4v) is 4.37. The number of piperidine rings is 1. The third kappa shape index (κ3) is 4.15. The zero-order chi connectivity index (χ0) is 23.0. The minimum absolute atomic E-state index is 0.0972. The molecule has 2 fully saturated rings. The van der Waals surface area contributed by atoms with Crippen LogP contribution >= 0.6 is 0 Å². The number of ether oxygens (including phenoxy) is 1. The van der Waals surface area contributed by atoms with Crippen molar-refractivity contribution >= 4 is 35.1 Å². The largest absolute Gasteiger partial charge is 0.426 e.